The molecule has 0 spiro atoms. The predicted octanol–water partition coefficient (Wildman–Crippen LogP) is 5.71. The van der Waals surface area contributed by atoms with E-state index in [-0.39, 0.29) is 23.6 Å². The fraction of sp³-hybridized carbons (Fsp3) is 0.387. The zero-order valence-electron chi connectivity index (χ0n) is 23.5. The zero-order chi connectivity index (χ0) is 28.2. The molecule has 7 heteroatoms. The summed E-state index contributed by atoms with van der Waals surface area (Å²) >= 11 is 0. The smallest absolute Gasteiger partial charge is 0.258 e. The summed E-state index contributed by atoms with van der Waals surface area (Å²) < 4.78 is 5.84. The molecule has 2 amide bonds. The lowest BCUT2D eigenvalue weighted by molar-refractivity contribution is -0.127. The Hall–Kier alpha value is -3.87. The number of nitrogens with two attached hydrogens (primary N) is 1. The third-order valence-corrected chi connectivity index (χ3v) is 6.45. The molecule has 1 fully saturated rings. The number of para-hydroxylation sites is 1. The quantitative estimate of drug-likeness (QED) is 0.170. The van der Waals surface area contributed by atoms with Crippen LogP contribution in [0.4, 0.5) is 0 Å². The summed E-state index contributed by atoms with van der Waals surface area (Å²) in [5.74, 6) is 0.498. The minimum atomic E-state index is -0.371. The van der Waals surface area contributed by atoms with E-state index in [1.807, 2.05) is 62.9 Å². The van der Waals surface area contributed by atoms with Gasteiger partial charge in [0.05, 0.1) is 0 Å². The van der Waals surface area contributed by atoms with Crippen LogP contribution in [-0.2, 0) is 9.59 Å². The summed E-state index contributed by atoms with van der Waals surface area (Å²) in [6, 6.07) is 7.52. The fourth-order valence-electron chi connectivity index (χ4n) is 4.63. The fourth-order valence-corrected chi connectivity index (χ4v) is 4.63. The summed E-state index contributed by atoms with van der Waals surface area (Å²) in [4.78, 5) is 32.3. The highest BCUT2D eigenvalue weighted by molar-refractivity contribution is 6.14. The molecule has 2 rings (SSSR count). The van der Waals surface area contributed by atoms with Crippen molar-refractivity contribution in [1.82, 2.24) is 10.2 Å². The van der Waals surface area contributed by atoms with E-state index in [2.05, 4.69) is 23.5 Å². The number of aryl methyl sites for hydroxylation is 1. The topological polar surface area (TPSA) is 97.0 Å². The van der Waals surface area contributed by atoms with Crippen molar-refractivity contribution in [1.29, 1.82) is 0 Å². The molecule has 204 valence electrons. The van der Waals surface area contributed by atoms with E-state index in [1.165, 1.54) is 6.08 Å². The van der Waals surface area contributed by atoms with Gasteiger partial charge in [-0.15, -0.1) is 0 Å². The Morgan fingerprint density at radius 3 is 2.58 bits per heavy atom. The lowest BCUT2D eigenvalue weighted by Gasteiger charge is -2.32. The second-order valence-corrected chi connectivity index (χ2v) is 9.67. The van der Waals surface area contributed by atoms with E-state index in [9.17, 15) is 9.59 Å². The molecule has 0 aromatic heterocycles. The van der Waals surface area contributed by atoms with Gasteiger partial charge in [-0.3, -0.25) is 19.9 Å². The molecular formula is C31H42N4O3. The highest BCUT2D eigenvalue weighted by atomic mass is 16.5. The lowest BCUT2D eigenvalue weighted by Crippen LogP contribution is -2.39. The van der Waals surface area contributed by atoms with Crippen molar-refractivity contribution < 1.29 is 14.3 Å². The normalized spacial score (nSPS) is 17.4. The van der Waals surface area contributed by atoms with Crippen LogP contribution in [0.5, 0.6) is 5.75 Å². The average Bonchev–Trinajstić information content (AvgIpc) is 2.87. The number of carbonyl (C=O) groups is 2. The monoisotopic (exact) mass is 518 g/mol. The summed E-state index contributed by atoms with van der Waals surface area (Å²) in [5.41, 5.74) is 10.3. The van der Waals surface area contributed by atoms with Crippen LogP contribution >= 0.6 is 0 Å². The maximum Gasteiger partial charge on any atom is 0.258 e. The number of hydrogen-bond donors (Lipinski definition) is 2. The minimum absolute atomic E-state index is 0.0666. The number of benzene rings is 1. The average molecular weight is 519 g/mol. The van der Waals surface area contributed by atoms with E-state index in [0.29, 0.717) is 41.3 Å². The van der Waals surface area contributed by atoms with Crippen LogP contribution in [0, 0.1) is 12.8 Å². The standard InChI is InChI=1S/C31H42N4O3/c1-8-10-17-33-24(6)30(23(5)32)29(22(4)19-26-15-13-18-35(20-26)28(36)9-2)31(37)34-25(7)38-27-16-12-11-14-21(27)3/h9-12,14,16-17,26H,2,7-8,13,15,18-20,32H2,1,3-6H3,(H,34,37)/b17-10+,29-22-,30-23-,33-24-. The molecule has 0 radical (unpaired) electrons. The van der Waals surface area contributed by atoms with E-state index in [1.54, 1.807) is 13.1 Å². The van der Waals surface area contributed by atoms with Gasteiger partial charge in [0.25, 0.3) is 5.91 Å². The Bertz CT molecular complexity index is 1170. The molecule has 3 N–H and O–H groups in total. The predicted molar refractivity (Wildman–Crippen MR) is 155 cm³/mol. The van der Waals surface area contributed by atoms with E-state index in [0.717, 1.165) is 36.9 Å². The Balaban J connectivity index is 2.43. The molecule has 7 nitrogen and oxygen atoms in total. The van der Waals surface area contributed by atoms with Crippen molar-refractivity contribution in [2.24, 2.45) is 16.6 Å². The van der Waals surface area contributed by atoms with E-state index < -0.39 is 0 Å². The molecule has 1 aliphatic rings. The first-order chi connectivity index (χ1) is 18.1. The van der Waals surface area contributed by atoms with Gasteiger partial charge in [-0.1, -0.05) is 43.4 Å². The minimum Gasteiger partial charge on any atom is -0.441 e. The van der Waals surface area contributed by atoms with Crippen LogP contribution in [0.1, 0.15) is 58.9 Å². The first kappa shape index (κ1) is 30.4. The summed E-state index contributed by atoms with van der Waals surface area (Å²) in [7, 11) is 0. The maximum atomic E-state index is 13.8. The summed E-state index contributed by atoms with van der Waals surface area (Å²) in [6.45, 7) is 18.4. The van der Waals surface area contributed by atoms with Crippen molar-refractivity contribution in [3.8, 4) is 5.75 Å². The van der Waals surface area contributed by atoms with E-state index in [4.69, 9.17) is 10.5 Å². The van der Waals surface area contributed by atoms with Crippen molar-refractivity contribution in [2.75, 3.05) is 13.1 Å². The van der Waals surface area contributed by atoms with Gasteiger partial charge in [0, 0.05) is 41.8 Å². The highest BCUT2D eigenvalue weighted by Gasteiger charge is 2.27. The number of likely N-dealkylation sites (tertiary alicyclic amines) is 1. The second-order valence-electron chi connectivity index (χ2n) is 9.67. The number of carbonyl (C=O) groups excluding carboxylic acids is 2. The lowest BCUT2D eigenvalue weighted by atomic mass is 9.86. The van der Waals surface area contributed by atoms with Gasteiger partial charge in [-0.05, 0) is 83.6 Å². The number of nitrogens with one attached hydrogen (secondary N) is 1. The maximum absolute atomic E-state index is 13.8. The number of nitrogens with zero attached hydrogens (tertiary/aromatic N) is 2. The molecule has 1 saturated heterocycles. The van der Waals surface area contributed by atoms with Crippen molar-refractivity contribution >= 4 is 17.5 Å². The Morgan fingerprint density at radius 1 is 1.24 bits per heavy atom. The van der Waals surface area contributed by atoms with Crippen LogP contribution in [0.3, 0.4) is 0 Å². The zero-order valence-corrected chi connectivity index (χ0v) is 23.5. The number of rotatable bonds is 11. The number of amides is 2. The van der Waals surface area contributed by atoms with Crippen LogP contribution < -0.4 is 15.8 Å². The molecule has 38 heavy (non-hydrogen) atoms. The van der Waals surface area contributed by atoms with Crippen LogP contribution in [0.2, 0.25) is 0 Å². The van der Waals surface area contributed by atoms with Gasteiger partial charge in [0.2, 0.25) is 5.91 Å². The largest absolute Gasteiger partial charge is 0.441 e. The molecule has 1 aromatic carbocycles. The molecule has 1 unspecified atom stereocenters. The van der Waals surface area contributed by atoms with Gasteiger partial charge in [0.15, 0.2) is 5.88 Å². The van der Waals surface area contributed by atoms with Gasteiger partial charge in [-0.25, -0.2) is 0 Å². The molecule has 1 aromatic rings. The molecule has 0 bridgehead atoms. The summed E-state index contributed by atoms with van der Waals surface area (Å²) in [5, 5.41) is 2.81. The molecule has 1 aliphatic heterocycles. The number of aliphatic imine (C=N–C) groups is 1. The molecule has 1 atom stereocenters. The van der Waals surface area contributed by atoms with E-state index >= 15 is 0 Å². The first-order valence-electron chi connectivity index (χ1n) is 13.1. The van der Waals surface area contributed by atoms with Crippen molar-refractivity contribution in [3.05, 3.63) is 89.6 Å². The molecular weight excluding hydrogens is 476 g/mol. The van der Waals surface area contributed by atoms with Crippen LogP contribution in [-0.4, -0.2) is 35.5 Å². The van der Waals surface area contributed by atoms with Gasteiger partial charge >= 0.3 is 0 Å². The Kier molecular flexibility index (Phi) is 11.8. The van der Waals surface area contributed by atoms with Crippen molar-refractivity contribution in [2.45, 2.75) is 60.3 Å². The van der Waals surface area contributed by atoms with Crippen molar-refractivity contribution in [3.63, 3.8) is 0 Å². The van der Waals surface area contributed by atoms with Gasteiger partial charge in [-0.2, -0.15) is 0 Å². The highest BCUT2D eigenvalue weighted by Crippen LogP contribution is 2.29. The third-order valence-electron chi connectivity index (χ3n) is 6.45. The summed E-state index contributed by atoms with van der Waals surface area (Å²) in [6.07, 6.45) is 8.36. The van der Waals surface area contributed by atoms with Gasteiger partial charge in [0.1, 0.15) is 5.75 Å². The van der Waals surface area contributed by atoms with Gasteiger partial charge < -0.3 is 15.4 Å². The Labute approximate surface area is 227 Å². The second kappa shape index (κ2) is 14.8. The van der Waals surface area contributed by atoms with Crippen LogP contribution in [0.15, 0.2) is 89.1 Å². The SMILES string of the molecule is C=CC(=O)N1CCCC(C/C(C)=C(C(=O)NC(=C)Oc2ccccc2C)/C(C(/C)=N\C=C\CC)=C(/C)N)C1. The first-order valence-corrected chi connectivity index (χ1v) is 13.1. The molecule has 0 saturated carbocycles. The van der Waals surface area contributed by atoms with Crippen LogP contribution in [0.25, 0.3) is 0 Å². The number of piperidine rings is 1. The number of allylic oxidation sites excluding steroid dienone is 3. The number of hydrogen-bond acceptors (Lipinski definition) is 5. The Morgan fingerprint density at radius 2 is 1.95 bits per heavy atom. The number of ether oxygens (including phenoxy) is 1. The third kappa shape index (κ3) is 8.61. The molecule has 0 aliphatic carbocycles. The molecule has 1 heterocycles.